The standard InChI is InChI=1S/C8H17N3O/c12-6-7-5-11-2-1-9-3-8(11)4-10-7/h7-10,12H,1-6H2/t7-,8+/m0/s1. The first-order chi connectivity index (χ1) is 5.90. The van der Waals surface area contributed by atoms with Crippen LogP contribution in [0.2, 0.25) is 0 Å². The first kappa shape index (κ1) is 8.44. The first-order valence-corrected chi connectivity index (χ1v) is 4.69. The van der Waals surface area contributed by atoms with Gasteiger partial charge in [-0.3, -0.25) is 4.90 Å². The van der Waals surface area contributed by atoms with Crippen LogP contribution in [0, 0.1) is 0 Å². The third kappa shape index (κ3) is 1.61. The normalized spacial score (nSPS) is 37.8. The summed E-state index contributed by atoms with van der Waals surface area (Å²) in [7, 11) is 0. The lowest BCUT2D eigenvalue weighted by Crippen LogP contribution is -2.64. The molecule has 2 aliphatic heterocycles. The Bertz CT molecular complexity index is 153. The van der Waals surface area contributed by atoms with Gasteiger partial charge < -0.3 is 15.7 Å². The highest BCUT2D eigenvalue weighted by Crippen LogP contribution is 2.08. The van der Waals surface area contributed by atoms with Gasteiger partial charge >= 0.3 is 0 Å². The zero-order valence-corrected chi connectivity index (χ0v) is 7.29. The van der Waals surface area contributed by atoms with E-state index >= 15 is 0 Å². The molecule has 2 rings (SSSR count). The minimum Gasteiger partial charge on any atom is -0.395 e. The van der Waals surface area contributed by atoms with Gasteiger partial charge in [0.15, 0.2) is 0 Å². The first-order valence-electron chi connectivity index (χ1n) is 4.69. The fraction of sp³-hybridized carbons (Fsp3) is 1.00. The quantitative estimate of drug-likeness (QED) is 0.437. The van der Waals surface area contributed by atoms with Crippen LogP contribution in [0.4, 0.5) is 0 Å². The number of nitrogens with one attached hydrogen (secondary N) is 2. The van der Waals surface area contributed by atoms with Crippen LogP contribution in [0.1, 0.15) is 0 Å². The summed E-state index contributed by atoms with van der Waals surface area (Å²) in [6.07, 6.45) is 0. The maximum absolute atomic E-state index is 8.98. The van der Waals surface area contributed by atoms with Crippen LogP contribution < -0.4 is 10.6 Å². The van der Waals surface area contributed by atoms with Gasteiger partial charge in [-0.15, -0.1) is 0 Å². The summed E-state index contributed by atoms with van der Waals surface area (Å²) < 4.78 is 0. The van der Waals surface area contributed by atoms with Gasteiger partial charge in [-0.05, 0) is 0 Å². The molecule has 0 spiro atoms. The molecule has 2 atom stereocenters. The highest BCUT2D eigenvalue weighted by atomic mass is 16.3. The van der Waals surface area contributed by atoms with Crippen LogP contribution in [0.15, 0.2) is 0 Å². The predicted molar refractivity (Wildman–Crippen MR) is 47.1 cm³/mol. The minimum atomic E-state index is 0.261. The summed E-state index contributed by atoms with van der Waals surface area (Å²) in [5.41, 5.74) is 0. The number of nitrogens with zero attached hydrogens (tertiary/aromatic N) is 1. The van der Waals surface area contributed by atoms with Gasteiger partial charge in [-0.2, -0.15) is 0 Å². The number of fused-ring (bicyclic) bond motifs is 1. The summed E-state index contributed by atoms with van der Waals surface area (Å²) in [4.78, 5) is 2.47. The van der Waals surface area contributed by atoms with Crippen molar-refractivity contribution in [3.05, 3.63) is 0 Å². The van der Waals surface area contributed by atoms with E-state index in [4.69, 9.17) is 5.11 Å². The van der Waals surface area contributed by atoms with Crippen LogP contribution in [-0.2, 0) is 0 Å². The molecule has 12 heavy (non-hydrogen) atoms. The number of hydrogen-bond donors (Lipinski definition) is 3. The Kier molecular flexibility index (Phi) is 2.60. The summed E-state index contributed by atoms with van der Waals surface area (Å²) in [5, 5.41) is 15.7. The Balaban J connectivity index is 1.90. The van der Waals surface area contributed by atoms with E-state index in [-0.39, 0.29) is 6.61 Å². The smallest absolute Gasteiger partial charge is 0.0597 e. The van der Waals surface area contributed by atoms with Crippen molar-refractivity contribution in [2.75, 3.05) is 39.3 Å². The summed E-state index contributed by atoms with van der Waals surface area (Å²) >= 11 is 0. The number of aliphatic hydroxyl groups excluding tert-OH is 1. The van der Waals surface area contributed by atoms with Crippen molar-refractivity contribution in [3.8, 4) is 0 Å². The topological polar surface area (TPSA) is 47.5 Å². The highest BCUT2D eigenvalue weighted by molar-refractivity contribution is 4.89. The molecule has 3 N–H and O–H groups in total. The fourth-order valence-corrected chi connectivity index (χ4v) is 2.02. The second-order valence-electron chi connectivity index (χ2n) is 3.64. The molecule has 0 amide bonds. The number of aliphatic hydroxyl groups is 1. The van der Waals surface area contributed by atoms with Crippen LogP contribution in [0.5, 0.6) is 0 Å². The van der Waals surface area contributed by atoms with Crippen molar-refractivity contribution < 1.29 is 5.11 Å². The molecule has 0 bridgehead atoms. The van der Waals surface area contributed by atoms with Crippen molar-refractivity contribution in [2.24, 2.45) is 0 Å². The number of hydrogen-bond acceptors (Lipinski definition) is 4. The molecule has 0 saturated carbocycles. The number of piperazine rings is 2. The summed E-state index contributed by atoms with van der Waals surface area (Å²) in [6, 6.07) is 0.931. The van der Waals surface area contributed by atoms with Gasteiger partial charge in [0.2, 0.25) is 0 Å². The van der Waals surface area contributed by atoms with E-state index in [0.29, 0.717) is 12.1 Å². The predicted octanol–water partition coefficient (Wildman–Crippen LogP) is -1.78. The lowest BCUT2D eigenvalue weighted by molar-refractivity contribution is 0.0832. The van der Waals surface area contributed by atoms with Crippen molar-refractivity contribution in [1.82, 2.24) is 15.5 Å². The van der Waals surface area contributed by atoms with E-state index in [1.165, 1.54) is 0 Å². The van der Waals surface area contributed by atoms with E-state index in [1.807, 2.05) is 0 Å². The van der Waals surface area contributed by atoms with E-state index in [0.717, 1.165) is 32.7 Å². The Hall–Kier alpha value is -0.160. The second-order valence-corrected chi connectivity index (χ2v) is 3.64. The molecule has 2 saturated heterocycles. The van der Waals surface area contributed by atoms with E-state index < -0.39 is 0 Å². The number of rotatable bonds is 1. The Labute approximate surface area is 72.9 Å². The van der Waals surface area contributed by atoms with Gasteiger partial charge in [0.25, 0.3) is 0 Å². The Morgan fingerprint density at radius 3 is 3.17 bits per heavy atom. The second kappa shape index (κ2) is 3.70. The lowest BCUT2D eigenvalue weighted by Gasteiger charge is -2.42. The largest absolute Gasteiger partial charge is 0.395 e. The molecule has 70 valence electrons. The fourth-order valence-electron chi connectivity index (χ4n) is 2.02. The molecule has 0 aromatic carbocycles. The Morgan fingerprint density at radius 2 is 2.33 bits per heavy atom. The third-order valence-electron chi connectivity index (χ3n) is 2.79. The van der Waals surface area contributed by atoms with E-state index in [9.17, 15) is 0 Å². The monoisotopic (exact) mass is 171 g/mol. The average molecular weight is 171 g/mol. The molecular weight excluding hydrogens is 154 g/mol. The van der Waals surface area contributed by atoms with E-state index in [2.05, 4.69) is 15.5 Å². The highest BCUT2D eigenvalue weighted by Gasteiger charge is 2.28. The molecule has 0 radical (unpaired) electrons. The average Bonchev–Trinajstić information content (AvgIpc) is 2.17. The summed E-state index contributed by atoms with van der Waals surface area (Å²) in [6.45, 7) is 5.58. The summed E-state index contributed by atoms with van der Waals surface area (Å²) in [5.74, 6) is 0. The van der Waals surface area contributed by atoms with Crippen molar-refractivity contribution in [3.63, 3.8) is 0 Å². The van der Waals surface area contributed by atoms with Crippen LogP contribution >= 0.6 is 0 Å². The molecule has 0 aromatic rings. The Morgan fingerprint density at radius 1 is 1.42 bits per heavy atom. The van der Waals surface area contributed by atoms with Crippen LogP contribution in [0.3, 0.4) is 0 Å². The molecule has 4 heteroatoms. The van der Waals surface area contributed by atoms with Crippen LogP contribution in [0.25, 0.3) is 0 Å². The molecular formula is C8H17N3O. The zero-order chi connectivity index (χ0) is 8.39. The maximum atomic E-state index is 8.98. The SMILES string of the molecule is OC[C@@H]1CN2CCNC[C@@H]2CN1. The molecule has 0 aromatic heterocycles. The zero-order valence-electron chi connectivity index (χ0n) is 7.29. The lowest BCUT2D eigenvalue weighted by atomic mass is 10.1. The third-order valence-corrected chi connectivity index (χ3v) is 2.79. The maximum Gasteiger partial charge on any atom is 0.0597 e. The molecule has 2 heterocycles. The molecule has 4 nitrogen and oxygen atoms in total. The van der Waals surface area contributed by atoms with Gasteiger partial charge in [0, 0.05) is 44.8 Å². The molecule has 2 fully saturated rings. The van der Waals surface area contributed by atoms with Crippen LogP contribution in [-0.4, -0.2) is 61.4 Å². The minimum absolute atomic E-state index is 0.261. The van der Waals surface area contributed by atoms with Gasteiger partial charge in [-0.25, -0.2) is 0 Å². The van der Waals surface area contributed by atoms with E-state index in [1.54, 1.807) is 0 Å². The van der Waals surface area contributed by atoms with Crippen molar-refractivity contribution in [1.29, 1.82) is 0 Å². The molecule has 0 unspecified atom stereocenters. The van der Waals surface area contributed by atoms with Gasteiger partial charge in [-0.1, -0.05) is 0 Å². The van der Waals surface area contributed by atoms with Crippen molar-refractivity contribution in [2.45, 2.75) is 12.1 Å². The molecule has 0 aliphatic carbocycles. The van der Waals surface area contributed by atoms with Crippen molar-refractivity contribution >= 4 is 0 Å². The van der Waals surface area contributed by atoms with Gasteiger partial charge in [0.05, 0.1) is 6.61 Å². The molecule has 2 aliphatic rings. The van der Waals surface area contributed by atoms with Gasteiger partial charge in [0.1, 0.15) is 0 Å².